The van der Waals surface area contributed by atoms with E-state index in [0.29, 0.717) is 17.2 Å². The Kier molecular flexibility index (Phi) is 5.94. The summed E-state index contributed by atoms with van der Waals surface area (Å²) < 4.78 is 16.2. The maximum absolute atomic E-state index is 5.41. The molecule has 0 radical (unpaired) electrons. The number of hydrogen-bond acceptors (Lipinski definition) is 5. The molecule has 1 N–H and O–H groups in total. The van der Waals surface area contributed by atoms with E-state index in [-0.39, 0.29) is 0 Å². The third-order valence-corrected chi connectivity index (χ3v) is 4.02. The van der Waals surface area contributed by atoms with Crippen LogP contribution in [0.4, 0.5) is 11.5 Å². The summed E-state index contributed by atoms with van der Waals surface area (Å²) in [6.45, 7) is 0. The highest BCUT2D eigenvalue weighted by Gasteiger charge is 2.12. The molecule has 3 rings (SSSR count). The standard InChI is InChI=1S/C22H22N2O3/c1-25-19-14-16(15-20(26-2)21(19)27-3)11-12-17-8-7-13-23-22(17)24-18-9-5-4-6-10-18/h4-15H,1-3H3,(H,23,24)/b12-11-. The molecule has 0 fully saturated rings. The first-order valence-corrected chi connectivity index (χ1v) is 8.50. The van der Waals surface area contributed by atoms with E-state index in [1.807, 2.05) is 66.7 Å². The van der Waals surface area contributed by atoms with E-state index in [4.69, 9.17) is 14.2 Å². The fourth-order valence-corrected chi connectivity index (χ4v) is 2.70. The van der Waals surface area contributed by atoms with E-state index in [1.54, 1.807) is 27.5 Å². The topological polar surface area (TPSA) is 52.6 Å². The van der Waals surface area contributed by atoms with Gasteiger partial charge in [0.1, 0.15) is 5.82 Å². The molecule has 1 aromatic heterocycles. The zero-order valence-electron chi connectivity index (χ0n) is 15.6. The third kappa shape index (κ3) is 4.39. The molecule has 5 heteroatoms. The molecule has 0 amide bonds. The number of methoxy groups -OCH3 is 3. The summed E-state index contributed by atoms with van der Waals surface area (Å²) >= 11 is 0. The van der Waals surface area contributed by atoms with Gasteiger partial charge in [-0.2, -0.15) is 0 Å². The number of ether oxygens (including phenoxy) is 3. The molecular weight excluding hydrogens is 340 g/mol. The number of benzene rings is 2. The van der Waals surface area contributed by atoms with Crippen molar-refractivity contribution in [3.8, 4) is 17.2 Å². The van der Waals surface area contributed by atoms with Gasteiger partial charge < -0.3 is 19.5 Å². The van der Waals surface area contributed by atoms with Gasteiger partial charge in [-0.25, -0.2) is 4.98 Å². The van der Waals surface area contributed by atoms with Crippen molar-refractivity contribution in [2.75, 3.05) is 26.6 Å². The summed E-state index contributed by atoms with van der Waals surface area (Å²) in [5, 5.41) is 3.34. The van der Waals surface area contributed by atoms with Crippen molar-refractivity contribution in [3.63, 3.8) is 0 Å². The van der Waals surface area contributed by atoms with Crippen molar-refractivity contribution in [1.82, 2.24) is 4.98 Å². The van der Waals surface area contributed by atoms with Crippen LogP contribution >= 0.6 is 0 Å². The van der Waals surface area contributed by atoms with Gasteiger partial charge in [-0.1, -0.05) is 30.4 Å². The average Bonchev–Trinajstić information content (AvgIpc) is 2.73. The molecule has 138 valence electrons. The van der Waals surface area contributed by atoms with Crippen LogP contribution in [0.2, 0.25) is 0 Å². The number of pyridine rings is 1. The van der Waals surface area contributed by atoms with Crippen LogP contribution in [0.5, 0.6) is 17.2 Å². The first-order chi connectivity index (χ1) is 13.2. The molecule has 0 bridgehead atoms. The number of rotatable bonds is 7. The molecule has 0 saturated heterocycles. The minimum Gasteiger partial charge on any atom is -0.493 e. The molecule has 0 aliphatic rings. The highest BCUT2D eigenvalue weighted by Crippen LogP contribution is 2.38. The van der Waals surface area contributed by atoms with Crippen molar-refractivity contribution in [2.24, 2.45) is 0 Å². The lowest BCUT2D eigenvalue weighted by Gasteiger charge is -2.13. The molecule has 0 unspecified atom stereocenters. The fraction of sp³-hybridized carbons (Fsp3) is 0.136. The lowest BCUT2D eigenvalue weighted by molar-refractivity contribution is 0.324. The summed E-state index contributed by atoms with van der Waals surface area (Å²) in [4.78, 5) is 4.45. The number of para-hydroxylation sites is 1. The van der Waals surface area contributed by atoms with Gasteiger partial charge in [0.15, 0.2) is 11.5 Å². The van der Waals surface area contributed by atoms with Crippen molar-refractivity contribution in [2.45, 2.75) is 0 Å². The van der Waals surface area contributed by atoms with Gasteiger partial charge >= 0.3 is 0 Å². The Bertz CT molecular complexity index is 899. The van der Waals surface area contributed by atoms with Crippen LogP contribution < -0.4 is 19.5 Å². The highest BCUT2D eigenvalue weighted by molar-refractivity contribution is 5.78. The van der Waals surface area contributed by atoms with Gasteiger partial charge in [-0.3, -0.25) is 0 Å². The third-order valence-electron chi connectivity index (χ3n) is 4.02. The zero-order valence-corrected chi connectivity index (χ0v) is 15.6. The van der Waals surface area contributed by atoms with E-state index >= 15 is 0 Å². The molecule has 0 saturated carbocycles. The van der Waals surface area contributed by atoms with Crippen molar-refractivity contribution in [3.05, 3.63) is 71.9 Å². The number of anilines is 2. The second-order valence-corrected chi connectivity index (χ2v) is 5.72. The smallest absolute Gasteiger partial charge is 0.203 e. The largest absolute Gasteiger partial charge is 0.493 e. The van der Waals surface area contributed by atoms with Crippen LogP contribution in [0.25, 0.3) is 12.2 Å². The molecule has 5 nitrogen and oxygen atoms in total. The van der Waals surface area contributed by atoms with E-state index in [0.717, 1.165) is 22.6 Å². The minimum atomic E-state index is 0.574. The maximum Gasteiger partial charge on any atom is 0.203 e. The summed E-state index contributed by atoms with van der Waals surface area (Å²) in [5.41, 5.74) is 2.88. The number of hydrogen-bond donors (Lipinski definition) is 1. The van der Waals surface area contributed by atoms with Crippen molar-refractivity contribution < 1.29 is 14.2 Å². The number of nitrogens with zero attached hydrogens (tertiary/aromatic N) is 1. The first-order valence-electron chi connectivity index (χ1n) is 8.50. The van der Waals surface area contributed by atoms with Crippen LogP contribution in [0.3, 0.4) is 0 Å². The average molecular weight is 362 g/mol. The first kappa shape index (κ1) is 18.3. The molecule has 0 spiro atoms. The molecule has 0 atom stereocenters. The van der Waals surface area contributed by atoms with Crippen LogP contribution in [0, 0.1) is 0 Å². The molecule has 3 aromatic rings. The molecular formula is C22H22N2O3. The lowest BCUT2D eigenvalue weighted by Crippen LogP contribution is -1.96. The normalized spacial score (nSPS) is 10.6. The van der Waals surface area contributed by atoms with Crippen molar-refractivity contribution in [1.29, 1.82) is 0 Å². The Hall–Kier alpha value is -3.47. The fourth-order valence-electron chi connectivity index (χ4n) is 2.70. The second kappa shape index (κ2) is 8.76. The van der Waals surface area contributed by atoms with Gasteiger partial charge in [0.25, 0.3) is 0 Å². The van der Waals surface area contributed by atoms with E-state index in [1.165, 1.54) is 0 Å². The zero-order chi connectivity index (χ0) is 19.1. The van der Waals surface area contributed by atoms with Gasteiger partial charge in [-0.15, -0.1) is 0 Å². The molecule has 27 heavy (non-hydrogen) atoms. The van der Waals surface area contributed by atoms with Crippen LogP contribution in [0.15, 0.2) is 60.8 Å². The highest BCUT2D eigenvalue weighted by atomic mass is 16.5. The molecule has 2 aromatic carbocycles. The van der Waals surface area contributed by atoms with E-state index in [2.05, 4.69) is 10.3 Å². The Morgan fingerprint density at radius 2 is 1.52 bits per heavy atom. The Labute approximate surface area is 159 Å². The van der Waals surface area contributed by atoms with E-state index < -0.39 is 0 Å². The monoisotopic (exact) mass is 362 g/mol. The summed E-state index contributed by atoms with van der Waals surface area (Å²) in [5.74, 6) is 2.59. The SMILES string of the molecule is COc1cc(/C=C\c2cccnc2Nc2ccccc2)cc(OC)c1OC. The summed E-state index contributed by atoms with van der Waals surface area (Å²) in [7, 11) is 4.80. The Balaban J connectivity index is 1.91. The quantitative estimate of drug-likeness (QED) is 0.639. The minimum absolute atomic E-state index is 0.574. The Morgan fingerprint density at radius 1 is 0.815 bits per heavy atom. The van der Waals surface area contributed by atoms with Crippen LogP contribution in [-0.2, 0) is 0 Å². The van der Waals surface area contributed by atoms with Gasteiger partial charge in [0.05, 0.1) is 21.3 Å². The van der Waals surface area contributed by atoms with E-state index in [9.17, 15) is 0 Å². The van der Waals surface area contributed by atoms with Crippen LogP contribution in [0.1, 0.15) is 11.1 Å². The van der Waals surface area contributed by atoms with Gasteiger partial charge in [0.2, 0.25) is 5.75 Å². The summed E-state index contributed by atoms with van der Waals surface area (Å²) in [6, 6.07) is 17.7. The predicted molar refractivity (Wildman–Crippen MR) is 109 cm³/mol. The maximum atomic E-state index is 5.41. The second-order valence-electron chi connectivity index (χ2n) is 5.72. The predicted octanol–water partition coefficient (Wildman–Crippen LogP) is 5.02. The van der Waals surface area contributed by atoms with Crippen LogP contribution in [-0.4, -0.2) is 26.3 Å². The van der Waals surface area contributed by atoms with Crippen molar-refractivity contribution >= 4 is 23.7 Å². The molecule has 0 aliphatic carbocycles. The van der Waals surface area contributed by atoms with Gasteiger partial charge in [-0.05, 0) is 42.0 Å². The summed E-state index contributed by atoms with van der Waals surface area (Å²) in [6.07, 6.45) is 5.75. The number of aromatic nitrogens is 1. The van der Waals surface area contributed by atoms with Gasteiger partial charge in [0, 0.05) is 17.4 Å². The number of nitrogens with one attached hydrogen (secondary N) is 1. The Morgan fingerprint density at radius 3 is 2.15 bits per heavy atom. The lowest BCUT2D eigenvalue weighted by atomic mass is 10.1. The molecule has 1 heterocycles. The molecule has 0 aliphatic heterocycles.